The summed E-state index contributed by atoms with van der Waals surface area (Å²) in [6, 6.07) is 3.75. The molecular formula is C12H13ClN2OS2. The first-order valence-electron chi connectivity index (χ1n) is 5.67. The molecule has 0 radical (unpaired) electrons. The number of rotatable bonds is 3. The third-order valence-corrected chi connectivity index (χ3v) is 4.59. The van der Waals surface area contributed by atoms with Crippen LogP contribution in [0.5, 0.6) is 0 Å². The number of hydrogen-bond acceptors (Lipinski definition) is 4. The first-order chi connectivity index (χ1) is 8.65. The van der Waals surface area contributed by atoms with Crippen LogP contribution in [0, 0.1) is 0 Å². The number of nitrogens with zero attached hydrogens (tertiary/aromatic N) is 2. The topological polar surface area (TPSA) is 32.7 Å². The zero-order valence-corrected chi connectivity index (χ0v) is 12.5. The number of thiophene rings is 1. The van der Waals surface area contributed by atoms with Crippen molar-refractivity contribution in [1.82, 2.24) is 4.90 Å². The quantitative estimate of drug-likeness (QED) is 0.797. The molecule has 18 heavy (non-hydrogen) atoms. The maximum absolute atomic E-state index is 12.2. The maximum Gasteiger partial charge on any atom is 0.266 e. The summed E-state index contributed by atoms with van der Waals surface area (Å²) in [5.41, 5.74) is 0. The Hall–Kier alpha value is -0.780. The predicted molar refractivity (Wildman–Crippen MR) is 80.3 cm³/mol. The average molecular weight is 301 g/mol. The van der Waals surface area contributed by atoms with E-state index in [1.165, 1.54) is 23.1 Å². The lowest BCUT2D eigenvalue weighted by Gasteiger charge is -2.11. The molecule has 0 aliphatic carbocycles. The van der Waals surface area contributed by atoms with Crippen LogP contribution >= 0.6 is 34.7 Å². The fourth-order valence-corrected chi connectivity index (χ4v) is 3.75. The van der Waals surface area contributed by atoms with Crippen LogP contribution in [0.1, 0.15) is 18.7 Å². The van der Waals surface area contributed by atoms with Crippen LogP contribution in [-0.4, -0.2) is 29.1 Å². The Kier molecular flexibility index (Phi) is 4.48. The van der Waals surface area contributed by atoms with Gasteiger partial charge in [-0.2, -0.15) is 0 Å². The molecule has 1 aromatic rings. The molecule has 1 aliphatic heterocycles. The Morgan fingerprint density at radius 1 is 1.44 bits per heavy atom. The van der Waals surface area contributed by atoms with E-state index in [2.05, 4.69) is 4.99 Å². The monoisotopic (exact) mass is 300 g/mol. The van der Waals surface area contributed by atoms with Crippen LogP contribution in [-0.2, 0) is 4.79 Å². The highest BCUT2D eigenvalue weighted by molar-refractivity contribution is 8.18. The normalized spacial score (nSPS) is 20.4. The molecule has 3 nitrogen and oxygen atoms in total. The summed E-state index contributed by atoms with van der Waals surface area (Å²) in [5, 5.41) is 0.791. The van der Waals surface area contributed by atoms with E-state index < -0.39 is 0 Å². The van der Waals surface area contributed by atoms with E-state index in [-0.39, 0.29) is 5.91 Å². The summed E-state index contributed by atoms with van der Waals surface area (Å²) < 4.78 is 0.729. The lowest BCUT2D eigenvalue weighted by atomic mass is 10.4. The molecule has 96 valence electrons. The molecule has 1 fully saturated rings. The molecule has 0 bridgehead atoms. The molecule has 0 aromatic carbocycles. The summed E-state index contributed by atoms with van der Waals surface area (Å²) in [5.74, 6) is 0.0271. The van der Waals surface area contributed by atoms with Gasteiger partial charge in [0.05, 0.1) is 9.24 Å². The molecule has 0 N–H and O–H groups in total. The summed E-state index contributed by atoms with van der Waals surface area (Å²) >= 11 is 8.78. The van der Waals surface area contributed by atoms with E-state index in [4.69, 9.17) is 11.6 Å². The summed E-state index contributed by atoms with van der Waals surface area (Å²) in [6.45, 7) is 5.25. The fraction of sp³-hybridized carbons (Fsp3) is 0.333. The molecule has 1 amide bonds. The van der Waals surface area contributed by atoms with Gasteiger partial charge in [-0.1, -0.05) is 11.6 Å². The van der Waals surface area contributed by atoms with Crippen LogP contribution in [0.15, 0.2) is 22.0 Å². The second kappa shape index (κ2) is 5.91. The van der Waals surface area contributed by atoms with Crippen molar-refractivity contribution >= 4 is 51.9 Å². The number of amidine groups is 1. The molecular weight excluding hydrogens is 288 g/mol. The standard InChI is InChI=1S/C12H13ClN2OS2/c1-3-14-12-15(4-2)11(16)9(18-12)7-8-5-6-10(13)17-8/h5-7H,3-4H2,1-2H3. The number of hydrogen-bond donors (Lipinski definition) is 0. The number of aliphatic imine (C=N–C) groups is 1. The predicted octanol–water partition coefficient (Wildman–Crippen LogP) is 3.71. The second-order valence-electron chi connectivity index (χ2n) is 3.56. The van der Waals surface area contributed by atoms with Crippen molar-refractivity contribution in [2.24, 2.45) is 4.99 Å². The largest absolute Gasteiger partial charge is 0.287 e. The Bertz CT molecular complexity index is 522. The number of thioether (sulfide) groups is 1. The fourth-order valence-electron chi connectivity index (χ4n) is 1.58. The molecule has 0 atom stereocenters. The first-order valence-corrected chi connectivity index (χ1v) is 7.68. The molecule has 1 aromatic heterocycles. The molecule has 2 rings (SSSR count). The highest BCUT2D eigenvalue weighted by atomic mass is 35.5. The smallest absolute Gasteiger partial charge is 0.266 e. The van der Waals surface area contributed by atoms with Crippen molar-refractivity contribution in [2.75, 3.05) is 13.1 Å². The van der Waals surface area contributed by atoms with Crippen molar-refractivity contribution in [2.45, 2.75) is 13.8 Å². The minimum Gasteiger partial charge on any atom is -0.287 e. The van der Waals surface area contributed by atoms with Crippen molar-refractivity contribution in [3.8, 4) is 0 Å². The van der Waals surface area contributed by atoms with E-state index in [9.17, 15) is 4.79 Å². The molecule has 2 heterocycles. The molecule has 0 unspecified atom stereocenters. The number of amides is 1. The lowest BCUT2D eigenvalue weighted by molar-refractivity contribution is -0.122. The van der Waals surface area contributed by atoms with Gasteiger partial charge in [0.25, 0.3) is 5.91 Å². The maximum atomic E-state index is 12.2. The number of halogens is 1. The van der Waals surface area contributed by atoms with Crippen LogP contribution in [0.2, 0.25) is 4.34 Å². The highest BCUT2D eigenvalue weighted by Crippen LogP contribution is 2.34. The van der Waals surface area contributed by atoms with Crippen LogP contribution in [0.4, 0.5) is 0 Å². The summed E-state index contributed by atoms with van der Waals surface area (Å²) in [6.07, 6.45) is 1.88. The van der Waals surface area contributed by atoms with Gasteiger partial charge < -0.3 is 0 Å². The number of carbonyl (C=O) groups is 1. The van der Waals surface area contributed by atoms with Crippen LogP contribution < -0.4 is 0 Å². The van der Waals surface area contributed by atoms with Gasteiger partial charge in [0, 0.05) is 18.0 Å². The minimum atomic E-state index is 0.0271. The SMILES string of the molecule is CCN=C1SC(=Cc2ccc(Cl)s2)C(=O)N1CC. The molecule has 1 saturated heterocycles. The van der Waals surface area contributed by atoms with Crippen molar-refractivity contribution in [3.05, 3.63) is 26.3 Å². The minimum absolute atomic E-state index is 0.0271. The van der Waals surface area contributed by atoms with E-state index in [0.29, 0.717) is 18.0 Å². The average Bonchev–Trinajstić information content (AvgIpc) is 2.86. The summed E-state index contributed by atoms with van der Waals surface area (Å²) in [7, 11) is 0. The van der Waals surface area contributed by atoms with Gasteiger partial charge in [0.2, 0.25) is 0 Å². The van der Waals surface area contributed by atoms with Gasteiger partial charge in [0.1, 0.15) is 0 Å². The van der Waals surface area contributed by atoms with Gasteiger partial charge in [-0.3, -0.25) is 14.7 Å². The zero-order valence-electron chi connectivity index (χ0n) is 10.1. The highest BCUT2D eigenvalue weighted by Gasteiger charge is 2.31. The van der Waals surface area contributed by atoms with Gasteiger partial charge in [0.15, 0.2) is 5.17 Å². The van der Waals surface area contributed by atoms with Gasteiger partial charge in [-0.25, -0.2) is 0 Å². The Labute approximate surface area is 120 Å². The molecule has 1 aliphatic rings. The molecule has 0 spiro atoms. The Balaban J connectivity index is 2.28. The van der Waals surface area contributed by atoms with Gasteiger partial charge >= 0.3 is 0 Å². The van der Waals surface area contributed by atoms with Crippen molar-refractivity contribution in [3.63, 3.8) is 0 Å². The Morgan fingerprint density at radius 2 is 2.22 bits per heavy atom. The van der Waals surface area contributed by atoms with Crippen molar-refractivity contribution < 1.29 is 4.79 Å². The molecule has 6 heteroatoms. The third-order valence-electron chi connectivity index (χ3n) is 2.37. The van der Waals surface area contributed by atoms with Crippen LogP contribution in [0.3, 0.4) is 0 Å². The van der Waals surface area contributed by atoms with E-state index in [1.807, 2.05) is 32.1 Å². The lowest BCUT2D eigenvalue weighted by Crippen LogP contribution is -2.28. The number of likely N-dealkylation sites (N-methyl/N-ethyl adjacent to an activating group) is 1. The van der Waals surface area contributed by atoms with Crippen LogP contribution in [0.25, 0.3) is 6.08 Å². The number of carbonyl (C=O) groups excluding carboxylic acids is 1. The second-order valence-corrected chi connectivity index (χ2v) is 6.31. The Morgan fingerprint density at radius 3 is 2.78 bits per heavy atom. The van der Waals surface area contributed by atoms with E-state index >= 15 is 0 Å². The van der Waals surface area contributed by atoms with E-state index in [0.717, 1.165) is 14.4 Å². The third kappa shape index (κ3) is 2.79. The van der Waals surface area contributed by atoms with E-state index in [1.54, 1.807) is 4.90 Å². The van der Waals surface area contributed by atoms with Gasteiger partial charge in [-0.15, -0.1) is 11.3 Å². The molecule has 0 saturated carbocycles. The first kappa shape index (κ1) is 13.6. The van der Waals surface area contributed by atoms with Gasteiger partial charge in [-0.05, 0) is 43.8 Å². The summed E-state index contributed by atoms with van der Waals surface area (Å²) in [4.78, 5) is 19.9. The van der Waals surface area contributed by atoms with Crippen molar-refractivity contribution in [1.29, 1.82) is 0 Å². The zero-order chi connectivity index (χ0) is 13.1.